The van der Waals surface area contributed by atoms with Crippen molar-refractivity contribution in [1.29, 1.82) is 0 Å². The van der Waals surface area contributed by atoms with E-state index >= 15 is 0 Å². The second-order valence-electron chi connectivity index (χ2n) is 5.13. The first-order valence-corrected chi connectivity index (χ1v) is 9.90. The molecule has 3 aromatic rings. The molecule has 0 aliphatic heterocycles. The molecule has 0 aromatic heterocycles. The van der Waals surface area contributed by atoms with Gasteiger partial charge in [0.25, 0.3) is 0 Å². The zero-order chi connectivity index (χ0) is 16.1. The third kappa shape index (κ3) is 3.70. The van der Waals surface area contributed by atoms with Crippen molar-refractivity contribution in [3.05, 3.63) is 96.1 Å². The van der Waals surface area contributed by atoms with E-state index < -0.39 is 13.7 Å². The van der Waals surface area contributed by atoms with Gasteiger partial charge in [-0.25, -0.2) is 0 Å². The summed E-state index contributed by atoms with van der Waals surface area (Å²) in [6.07, 6.45) is 0. The SMILES string of the molecule is Cc1ccccc1[Se](=NC(=O)c1ccccc1)c1ccccc1. The van der Waals surface area contributed by atoms with Gasteiger partial charge in [0.15, 0.2) is 0 Å². The van der Waals surface area contributed by atoms with E-state index in [0.29, 0.717) is 5.56 Å². The Morgan fingerprint density at radius 1 is 0.783 bits per heavy atom. The molecule has 0 heterocycles. The average molecular weight is 366 g/mol. The number of rotatable bonds is 3. The van der Waals surface area contributed by atoms with Crippen LogP contribution in [0.25, 0.3) is 0 Å². The van der Waals surface area contributed by atoms with Crippen molar-refractivity contribution in [3.63, 3.8) is 0 Å². The van der Waals surface area contributed by atoms with Gasteiger partial charge in [-0.1, -0.05) is 0 Å². The van der Waals surface area contributed by atoms with Crippen molar-refractivity contribution in [2.75, 3.05) is 0 Å². The summed E-state index contributed by atoms with van der Waals surface area (Å²) in [5, 5.41) is 0. The molecule has 23 heavy (non-hydrogen) atoms. The number of carbonyl (C=O) groups is 1. The van der Waals surface area contributed by atoms with Gasteiger partial charge in [-0.2, -0.15) is 0 Å². The first kappa shape index (κ1) is 15.5. The molecular weight excluding hydrogens is 349 g/mol. The van der Waals surface area contributed by atoms with Gasteiger partial charge < -0.3 is 0 Å². The van der Waals surface area contributed by atoms with Gasteiger partial charge in [-0.05, 0) is 0 Å². The summed E-state index contributed by atoms with van der Waals surface area (Å²) >= 11 is -1.78. The average Bonchev–Trinajstić information content (AvgIpc) is 2.62. The molecule has 1 unspecified atom stereocenters. The Bertz CT molecular complexity index is 842. The van der Waals surface area contributed by atoms with Crippen LogP contribution in [0.1, 0.15) is 15.9 Å². The van der Waals surface area contributed by atoms with E-state index in [1.807, 2.05) is 60.7 Å². The summed E-state index contributed by atoms with van der Waals surface area (Å²) in [6, 6.07) is 27.6. The number of amides is 1. The summed E-state index contributed by atoms with van der Waals surface area (Å²) < 4.78 is 6.96. The third-order valence-corrected chi connectivity index (χ3v) is 7.54. The fourth-order valence-corrected chi connectivity index (χ4v) is 5.89. The molecule has 114 valence electrons. The van der Waals surface area contributed by atoms with Crippen molar-refractivity contribution in [2.24, 2.45) is 3.96 Å². The molecule has 3 rings (SSSR count). The molecule has 0 aliphatic rings. The minimum atomic E-state index is -1.78. The number of hydrogen-bond donors (Lipinski definition) is 0. The number of benzene rings is 3. The van der Waals surface area contributed by atoms with Gasteiger partial charge in [0.05, 0.1) is 0 Å². The Hall–Kier alpha value is -2.35. The van der Waals surface area contributed by atoms with E-state index in [2.05, 4.69) is 35.2 Å². The van der Waals surface area contributed by atoms with Crippen molar-refractivity contribution in [2.45, 2.75) is 6.92 Å². The monoisotopic (exact) mass is 367 g/mol. The molecule has 0 saturated carbocycles. The molecule has 3 heteroatoms. The van der Waals surface area contributed by atoms with Crippen LogP contribution in [0.4, 0.5) is 0 Å². The van der Waals surface area contributed by atoms with Gasteiger partial charge in [0, 0.05) is 0 Å². The number of hydrogen-bond acceptors (Lipinski definition) is 1. The number of carbonyl (C=O) groups excluding carboxylic acids is 1. The standard InChI is InChI=1S/C20H17NOSe/c1-16-10-8-9-15-19(16)23(18-13-6-3-7-14-18)21-20(22)17-11-4-2-5-12-17/h2-15H,1H3. The van der Waals surface area contributed by atoms with E-state index in [4.69, 9.17) is 0 Å². The summed E-state index contributed by atoms with van der Waals surface area (Å²) in [6.45, 7) is 2.08. The normalized spacial score (nSPS) is 12.0. The minimum absolute atomic E-state index is 0.136. The van der Waals surface area contributed by atoms with Crippen LogP contribution in [-0.2, 0) is 0 Å². The fourth-order valence-electron chi connectivity index (χ4n) is 2.27. The van der Waals surface area contributed by atoms with Crippen molar-refractivity contribution >= 4 is 28.5 Å². The van der Waals surface area contributed by atoms with Crippen molar-refractivity contribution < 1.29 is 4.79 Å². The summed E-state index contributed by atoms with van der Waals surface area (Å²) in [7, 11) is 0. The molecule has 0 radical (unpaired) electrons. The van der Waals surface area contributed by atoms with Gasteiger partial charge in [0.1, 0.15) is 0 Å². The molecule has 0 aliphatic carbocycles. The predicted octanol–water partition coefficient (Wildman–Crippen LogP) is 3.21. The second-order valence-corrected chi connectivity index (χ2v) is 8.61. The second kappa shape index (κ2) is 7.28. The van der Waals surface area contributed by atoms with Gasteiger partial charge in [0.2, 0.25) is 0 Å². The van der Waals surface area contributed by atoms with Crippen LogP contribution in [0, 0.1) is 6.92 Å². The Kier molecular flexibility index (Phi) is 4.92. The van der Waals surface area contributed by atoms with E-state index in [0.717, 1.165) is 4.46 Å². The summed E-state index contributed by atoms with van der Waals surface area (Å²) in [5.41, 5.74) is 1.83. The van der Waals surface area contributed by atoms with Crippen LogP contribution in [0.3, 0.4) is 0 Å². The quantitative estimate of drug-likeness (QED) is 0.655. The molecule has 0 N–H and O–H groups in total. The van der Waals surface area contributed by atoms with E-state index in [1.165, 1.54) is 10.0 Å². The maximum absolute atomic E-state index is 12.6. The van der Waals surface area contributed by atoms with Gasteiger partial charge in [-0.3, -0.25) is 0 Å². The molecular formula is C20H17NOSe. The first-order valence-electron chi connectivity index (χ1n) is 7.42. The maximum atomic E-state index is 12.6. The molecule has 3 aromatic carbocycles. The van der Waals surface area contributed by atoms with Crippen LogP contribution in [0.2, 0.25) is 0 Å². The Morgan fingerprint density at radius 2 is 1.35 bits per heavy atom. The molecule has 0 bridgehead atoms. The zero-order valence-corrected chi connectivity index (χ0v) is 14.6. The van der Waals surface area contributed by atoms with Crippen LogP contribution >= 0.6 is 0 Å². The van der Waals surface area contributed by atoms with Crippen LogP contribution in [-0.4, -0.2) is 19.6 Å². The van der Waals surface area contributed by atoms with Gasteiger partial charge in [-0.15, -0.1) is 0 Å². The van der Waals surface area contributed by atoms with Crippen LogP contribution in [0.15, 0.2) is 88.9 Å². The van der Waals surface area contributed by atoms with Crippen molar-refractivity contribution in [3.8, 4) is 0 Å². The third-order valence-electron chi connectivity index (χ3n) is 3.46. The fraction of sp³-hybridized carbons (Fsp3) is 0.0500. The first-order chi connectivity index (χ1) is 11.3. The topological polar surface area (TPSA) is 29.4 Å². The molecule has 0 saturated heterocycles. The summed E-state index contributed by atoms with van der Waals surface area (Å²) in [5.74, 6) is -0.136. The number of nitrogens with zero attached hydrogens (tertiary/aromatic N) is 1. The molecule has 2 nitrogen and oxygen atoms in total. The molecule has 0 fully saturated rings. The van der Waals surface area contributed by atoms with Crippen LogP contribution in [0.5, 0.6) is 0 Å². The Balaban J connectivity index is 2.11. The van der Waals surface area contributed by atoms with E-state index in [1.54, 1.807) is 0 Å². The van der Waals surface area contributed by atoms with Gasteiger partial charge >= 0.3 is 140 Å². The zero-order valence-electron chi connectivity index (χ0n) is 12.8. The molecule has 0 spiro atoms. The predicted molar refractivity (Wildman–Crippen MR) is 95.8 cm³/mol. The number of aryl methyl sites for hydroxylation is 1. The van der Waals surface area contributed by atoms with E-state index in [-0.39, 0.29) is 5.91 Å². The summed E-state index contributed by atoms with van der Waals surface area (Å²) in [4.78, 5) is 12.6. The Labute approximate surface area is 140 Å². The van der Waals surface area contributed by atoms with Crippen LogP contribution < -0.4 is 8.92 Å². The van der Waals surface area contributed by atoms with Crippen molar-refractivity contribution in [1.82, 2.24) is 0 Å². The Morgan fingerprint density at radius 3 is 2.00 bits per heavy atom. The van der Waals surface area contributed by atoms with E-state index in [9.17, 15) is 4.79 Å². The molecule has 1 amide bonds. The molecule has 1 atom stereocenters.